The Morgan fingerprint density at radius 1 is 1.44 bits per heavy atom. The molecule has 4 rings (SSSR count). The molecule has 0 unspecified atom stereocenters. The van der Waals surface area contributed by atoms with Crippen molar-refractivity contribution in [2.75, 3.05) is 26.7 Å². The van der Waals surface area contributed by atoms with Crippen LogP contribution < -0.4 is 5.32 Å². The largest absolute Gasteiger partial charge is 0.373 e. The molecule has 0 radical (unpaired) electrons. The number of likely N-dealkylation sites (N-methyl/N-ethyl adjacent to an activating group) is 1. The van der Waals surface area contributed by atoms with E-state index in [9.17, 15) is 4.79 Å². The molecule has 134 valence electrons. The minimum absolute atomic E-state index is 0.0615. The van der Waals surface area contributed by atoms with Gasteiger partial charge < -0.3 is 10.1 Å². The molecule has 0 aromatic carbocycles. The summed E-state index contributed by atoms with van der Waals surface area (Å²) < 4.78 is 7.84. The summed E-state index contributed by atoms with van der Waals surface area (Å²) in [5.74, 6) is -0.125. The molecule has 25 heavy (non-hydrogen) atoms. The highest BCUT2D eigenvalue weighted by Crippen LogP contribution is 2.28. The number of amides is 1. The van der Waals surface area contributed by atoms with Gasteiger partial charge in [0, 0.05) is 37.6 Å². The Balaban J connectivity index is 1.47. The molecule has 0 bridgehead atoms. The van der Waals surface area contributed by atoms with E-state index in [1.807, 2.05) is 17.8 Å². The molecule has 1 amide bonds. The van der Waals surface area contributed by atoms with Crippen molar-refractivity contribution < 1.29 is 9.53 Å². The van der Waals surface area contributed by atoms with Gasteiger partial charge in [0.2, 0.25) is 0 Å². The van der Waals surface area contributed by atoms with Crippen LogP contribution in [0.1, 0.15) is 39.9 Å². The van der Waals surface area contributed by atoms with Crippen molar-refractivity contribution in [1.82, 2.24) is 30.2 Å². The predicted octanol–water partition coefficient (Wildman–Crippen LogP) is 0.434. The lowest BCUT2D eigenvalue weighted by Gasteiger charge is -2.39. The maximum absolute atomic E-state index is 12.6. The van der Waals surface area contributed by atoms with Crippen LogP contribution in [-0.4, -0.2) is 63.6 Å². The Kier molecular flexibility index (Phi) is 4.30. The topological polar surface area (TPSA) is 88.1 Å². The highest BCUT2D eigenvalue weighted by Gasteiger charge is 2.34. The molecular formula is C17H24N6O2. The standard InChI is InChI=1S/C17H24N6O2/c1-22-8-9-25-14(16(22)13-6-7-19-23(13)2)10-18-17(24)15-11-4-3-5-12(11)20-21-15/h6-7,14,16H,3-5,8-10H2,1-2H3,(H,18,24)(H,20,21)/t14-,16-/m0/s1. The van der Waals surface area contributed by atoms with E-state index >= 15 is 0 Å². The predicted molar refractivity (Wildman–Crippen MR) is 91.3 cm³/mol. The van der Waals surface area contributed by atoms with Crippen LogP contribution in [-0.2, 0) is 24.6 Å². The molecule has 2 atom stereocenters. The minimum Gasteiger partial charge on any atom is -0.373 e. The number of aromatic amines is 1. The van der Waals surface area contributed by atoms with Crippen molar-refractivity contribution in [3.63, 3.8) is 0 Å². The third-order valence-electron chi connectivity index (χ3n) is 5.25. The van der Waals surface area contributed by atoms with Crippen LogP contribution in [0.15, 0.2) is 12.3 Å². The molecule has 0 spiro atoms. The molecule has 8 nitrogen and oxygen atoms in total. The fourth-order valence-electron chi connectivity index (χ4n) is 3.91. The van der Waals surface area contributed by atoms with Gasteiger partial charge in [-0.1, -0.05) is 0 Å². The zero-order valence-corrected chi connectivity index (χ0v) is 14.7. The van der Waals surface area contributed by atoms with Crippen molar-refractivity contribution in [1.29, 1.82) is 0 Å². The zero-order valence-electron chi connectivity index (χ0n) is 14.7. The van der Waals surface area contributed by atoms with Gasteiger partial charge in [0.1, 0.15) is 0 Å². The second-order valence-corrected chi connectivity index (χ2v) is 6.81. The number of aryl methyl sites for hydroxylation is 2. The Bertz CT molecular complexity index is 767. The monoisotopic (exact) mass is 344 g/mol. The second-order valence-electron chi connectivity index (χ2n) is 6.81. The van der Waals surface area contributed by atoms with Crippen LogP contribution in [0.25, 0.3) is 0 Å². The van der Waals surface area contributed by atoms with Gasteiger partial charge in [-0.3, -0.25) is 19.5 Å². The summed E-state index contributed by atoms with van der Waals surface area (Å²) in [6, 6.07) is 2.07. The van der Waals surface area contributed by atoms with Crippen LogP contribution >= 0.6 is 0 Å². The van der Waals surface area contributed by atoms with Gasteiger partial charge in [0.25, 0.3) is 5.91 Å². The molecule has 0 saturated carbocycles. The summed E-state index contributed by atoms with van der Waals surface area (Å²) in [6.45, 7) is 1.96. The third-order valence-corrected chi connectivity index (χ3v) is 5.25. The van der Waals surface area contributed by atoms with Gasteiger partial charge in [-0.25, -0.2) is 0 Å². The highest BCUT2D eigenvalue weighted by atomic mass is 16.5. The fourth-order valence-corrected chi connectivity index (χ4v) is 3.91. The number of carbonyl (C=O) groups is 1. The van der Waals surface area contributed by atoms with Crippen LogP contribution in [0, 0.1) is 0 Å². The molecule has 2 aromatic rings. The van der Waals surface area contributed by atoms with Gasteiger partial charge in [-0.2, -0.15) is 10.2 Å². The Hall–Kier alpha value is -2.19. The molecule has 1 fully saturated rings. The number of aromatic nitrogens is 4. The van der Waals surface area contributed by atoms with Crippen molar-refractivity contribution in [2.45, 2.75) is 31.4 Å². The lowest BCUT2D eigenvalue weighted by molar-refractivity contribution is -0.0629. The second kappa shape index (κ2) is 6.61. The van der Waals surface area contributed by atoms with Crippen molar-refractivity contribution in [3.05, 3.63) is 34.9 Å². The molecule has 8 heteroatoms. The lowest BCUT2D eigenvalue weighted by Crippen LogP contribution is -2.49. The first-order valence-electron chi connectivity index (χ1n) is 8.79. The van der Waals surface area contributed by atoms with E-state index in [-0.39, 0.29) is 18.1 Å². The van der Waals surface area contributed by atoms with Crippen LogP contribution in [0.3, 0.4) is 0 Å². The van der Waals surface area contributed by atoms with E-state index in [2.05, 4.69) is 32.6 Å². The van der Waals surface area contributed by atoms with Crippen molar-refractivity contribution in [3.8, 4) is 0 Å². The average molecular weight is 344 g/mol. The van der Waals surface area contributed by atoms with E-state index in [0.717, 1.165) is 42.8 Å². The summed E-state index contributed by atoms with van der Waals surface area (Å²) in [5, 5.41) is 14.5. The summed E-state index contributed by atoms with van der Waals surface area (Å²) in [6.07, 6.45) is 4.66. The number of H-pyrrole nitrogens is 1. The lowest BCUT2D eigenvalue weighted by atomic mass is 10.0. The number of hydrogen-bond donors (Lipinski definition) is 2. The molecule has 1 aliphatic carbocycles. The number of nitrogens with zero attached hydrogens (tertiary/aromatic N) is 4. The van der Waals surface area contributed by atoms with E-state index in [4.69, 9.17) is 4.74 Å². The Morgan fingerprint density at radius 2 is 2.32 bits per heavy atom. The third kappa shape index (κ3) is 2.96. The van der Waals surface area contributed by atoms with E-state index in [0.29, 0.717) is 18.8 Å². The molecule has 2 N–H and O–H groups in total. The van der Waals surface area contributed by atoms with E-state index in [1.165, 1.54) is 0 Å². The van der Waals surface area contributed by atoms with Crippen LogP contribution in [0.2, 0.25) is 0 Å². The summed E-state index contributed by atoms with van der Waals surface area (Å²) in [5.41, 5.74) is 3.80. The normalized spacial score (nSPS) is 23.6. The first-order valence-corrected chi connectivity index (χ1v) is 8.79. The average Bonchev–Trinajstić information content (AvgIpc) is 3.29. The smallest absolute Gasteiger partial charge is 0.272 e. The fraction of sp³-hybridized carbons (Fsp3) is 0.588. The number of ether oxygens (including phenoxy) is 1. The van der Waals surface area contributed by atoms with Gasteiger partial charge in [-0.15, -0.1) is 0 Å². The highest BCUT2D eigenvalue weighted by molar-refractivity contribution is 5.94. The molecule has 2 aromatic heterocycles. The molecule has 2 aliphatic rings. The van der Waals surface area contributed by atoms with Gasteiger partial charge in [0.05, 0.1) is 24.4 Å². The van der Waals surface area contributed by atoms with E-state index < -0.39 is 0 Å². The quantitative estimate of drug-likeness (QED) is 0.840. The summed E-state index contributed by atoms with van der Waals surface area (Å²) in [4.78, 5) is 14.8. The van der Waals surface area contributed by atoms with Gasteiger partial charge in [0.15, 0.2) is 5.69 Å². The molecular weight excluding hydrogens is 320 g/mol. The first-order chi connectivity index (χ1) is 12.1. The van der Waals surface area contributed by atoms with Crippen LogP contribution in [0.5, 0.6) is 0 Å². The summed E-state index contributed by atoms with van der Waals surface area (Å²) in [7, 11) is 4.01. The van der Waals surface area contributed by atoms with Crippen molar-refractivity contribution in [2.24, 2.45) is 7.05 Å². The molecule has 1 aliphatic heterocycles. The van der Waals surface area contributed by atoms with Crippen LogP contribution in [0.4, 0.5) is 0 Å². The van der Waals surface area contributed by atoms with E-state index in [1.54, 1.807) is 6.20 Å². The summed E-state index contributed by atoms with van der Waals surface area (Å²) >= 11 is 0. The number of fused-ring (bicyclic) bond motifs is 1. The van der Waals surface area contributed by atoms with Gasteiger partial charge in [-0.05, 0) is 32.4 Å². The molecule has 3 heterocycles. The zero-order chi connectivity index (χ0) is 17.4. The number of hydrogen-bond acceptors (Lipinski definition) is 5. The SMILES string of the molecule is CN1CCO[C@@H](CNC(=O)c2n[nH]c3c2CCC3)[C@@H]1c1ccnn1C. The Morgan fingerprint density at radius 3 is 3.12 bits per heavy atom. The maximum Gasteiger partial charge on any atom is 0.272 e. The minimum atomic E-state index is -0.125. The van der Waals surface area contributed by atoms with Crippen molar-refractivity contribution >= 4 is 5.91 Å². The number of rotatable bonds is 4. The van der Waals surface area contributed by atoms with Gasteiger partial charge >= 0.3 is 0 Å². The number of nitrogens with one attached hydrogen (secondary N) is 2. The maximum atomic E-state index is 12.6. The number of morpholine rings is 1. The first kappa shape index (κ1) is 16.3. The number of carbonyl (C=O) groups excluding carboxylic acids is 1. The molecule has 1 saturated heterocycles. The Labute approximate surface area is 146 Å².